The van der Waals surface area contributed by atoms with Crippen molar-refractivity contribution in [3.63, 3.8) is 0 Å². The van der Waals surface area contributed by atoms with Gasteiger partial charge in [0, 0.05) is 19.8 Å². The Labute approximate surface area is 87.0 Å². The van der Waals surface area contributed by atoms with E-state index in [9.17, 15) is 0 Å². The second-order valence-electron chi connectivity index (χ2n) is 4.10. The van der Waals surface area contributed by atoms with E-state index in [1.807, 2.05) is 0 Å². The molecule has 0 aromatic carbocycles. The van der Waals surface area contributed by atoms with E-state index in [1.54, 1.807) is 0 Å². The average molecular weight is 203 g/mol. The molecule has 1 saturated heterocycles. The molecule has 13 heavy (non-hydrogen) atoms. The minimum Gasteiger partial charge on any atom is -0.381 e. The topological polar surface area (TPSA) is 12.5 Å². The highest BCUT2D eigenvalue weighted by Crippen LogP contribution is 2.32. The largest absolute Gasteiger partial charge is 0.381 e. The van der Waals surface area contributed by atoms with Gasteiger partial charge in [0.15, 0.2) is 0 Å². The Balaban J connectivity index is 2.47. The van der Waals surface area contributed by atoms with Gasteiger partial charge in [0.25, 0.3) is 0 Å². The molecular formula is C10H21NOS. The monoisotopic (exact) mass is 203 g/mol. The minimum absolute atomic E-state index is 0.409. The molecule has 0 unspecified atom stereocenters. The molecular weight excluding hydrogens is 182 g/mol. The van der Waals surface area contributed by atoms with Crippen LogP contribution in [-0.4, -0.2) is 44.0 Å². The van der Waals surface area contributed by atoms with E-state index in [4.69, 9.17) is 4.74 Å². The Bertz CT molecular complexity index is 146. The van der Waals surface area contributed by atoms with Gasteiger partial charge in [0.1, 0.15) is 0 Å². The van der Waals surface area contributed by atoms with E-state index in [0.29, 0.717) is 5.41 Å². The lowest BCUT2D eigenvalue weighted by Crippen LogP contribution is -2.41. The summed E-state index contributed by atoms with van der Waals surface area (Å²) in [5, 5.41) is 0. The highest BCUT2D eigenvalue weighted by Gasteiger charge is 2.31. The quantitative estimate of drug-likeness (QED) is 0.698. The van der Waals surface area contributed by atoms with Crippen molar-refractivity contribution in [1.82, 2.24) is 4.90 Å². The lowest BCUT2D eigenvalue weighted by atomic mass is 9.81. The van der Waals surface area contributed by atoms with Crippen molar-refractivity contribution in [3.8, 4) is 0 Å². The third kappa shape index (κ3) is 3.15. The van der Waals surface area contributed by atoms with Gasteiger partial charge in [-0.15, -0.1) is 0 Å². The van der Waals surface area contributed by atoms with Crippen LogP contribution in [0.2, 0.25) is 0 Å². The fourth-order valence-corrected chi connectivity index (χ4v) is 2.27. The van der Waals surface area contributed by atoms with Gasteiger partial charge in [-0.3, -0.25) is 0 Å². The van der Waals surface area contributed by atoms with Crippen molar-refractivity contribution >= 4 is 12.6 Å². The van der Waals surface area contributed by atoms with Crippen LogP contribution in [0.1, 0.15) is 19.8 Å². The maximum Gasteiger partial charge on any atom is 0.0472 e. The Morgan fingerprint density at radius 2 is 2.00 bits per heavy atom. The van der Waals surface area contributed by atoms with Gasteiger partial charge in [0.05, 0.1) is 0 Å². The Morgan fingerprint density at radius 3 is 2.46 bits per heavy atom. The molecule has 0 amide bonds. The molecule has 0 spiro atoms. The van der Waals surface area contributed by atoms with Gasteiger partial charge in [-0.2, -0.15) is 12.6 Å². The maximum absolute atomic E-state index is 5.39. The van der Waals surface area contributed by atoms with E-state index in [2.05, 4.69) is 31.5 Å². The van der Waals surface area contributed by atoms with Gasteiger partial charge in [-0.25, -0.2) is 0 Å². The van der Waals surface area contributed by atoms with Crippen LogP contribution in [0.3, 0.4) is 0 Å². The minimum atomic E-state index is 0.409. The lowest BCUT2D eigenvalue weighted by Gasteiger charge is -2.38. The summed E-state index contributed by atoms with van der Waals surface area (Å²) in [6.07, 6.45) is 2.34. The van der Waals surface area contributed by atoms with Crippen LogP contribution < -0.4 is 0 Å². The Hall–Kier alpha value is 0.270. The maximum atomic E-state index is 5.39. The van der Waals surface area contributed by atoms with Crippen molar-refractivity contribution in [2.24, 2.45) is 5.41 Å². The van der Waals surface area contributed by atoms with E-state index in [1.165, 1.54) is 12.8 Å². The molecule has 2 nitrogen and oxygen atoms in total. The van der Waals surface area contributed by atoms with E-state index in [0.717, 1.165) is 32.1 Å². The molecule has 0 saturated carbocycles. The molecule has 0 aliphatic carbocycles. The van der Waals surface area contributed by atoms with Crippen LogP contribution in [0.5, 0.6) is 0 Å². The molecule has 0 aromatic rings. The normalized spacial score (nSPS) is 22.2. The summed E-state index contributed by atoms with van der Waals surface area (Å²) < 4.78 is 5.39. The summed E-state index contributed by atoms with van der Waals surface area (Å²) in [7, 11) is 2.18. The molecule has 1 aliphatic heterocycles. The number of ether oxygens (including phenoxy) is 1. The van der Waals surface area contributed by atoms with Gasteiger partial charge in [-0.05, 0) is 37.6 Å². The molecule has 1 fully saturated rings. The number of hydrogen-bond acceptors (Lipinski definition) is 3. The van der Waals surface area contributed by atoms with Gasteiger partial charge in [0.2, 0.25) is 0 Å². The first kappa shape index (κ1) is 11.3. The number of hydrogen-bond donors (Lipinski definition) is 1. The van der Waals surface area contributed by atoms with Crippen LogP contribution in [0.25, 0.3) is 0 Å². The van der Waals surface area contributed by atoms with E-state index in [-0.39, 0.29) is 0 Å². The third-order valence-electron chi connectivity index (χ3n) is 3.03. The van der Waals surface area contributed by atoms with Crippen molar-refractivity contribution < 1.29 is 4.74 Å². The first-order chi connectivity index (χ1) is 6.22. The van der Waals surface area contributed by atoms with Gasteiger partial charge < -0.3 is 9.64 Å². The third-order valence-corrected chi connectivity index (χ3v) is 3.70. The van der Waals surface area contributed by atoms with Crippen LogP contribution in [-0.2, 0) is 4.74 Å². The molecule has 0 N–H and O–H groups in total. The van der Waals surface area contributed by atoms with Crippen molar-refractivity contribution in [2.45, 2.75) is 19.8 Å². The Kier molecular flexibility index (Phi) is 4.56. The highest BCUT2D eigenvalue weighted by molar-refractivity contribution is 7.80. The number of nitrogens with zero attached hydrogens (tertiary/aromatic N) is 1. The van der Waals surface area contributed by atoms with E-state index < -0.39 is 0 Å². The molecule has 0 aromatic heterocycles. The summed E-state index contributed by atoms with van der Waals surface area (Å²) in [5.74, 6) is 0.987. The zero-order valence-corrected chi connectivity index (χ0v) is 9.65. The summed E-state index contributed by atoms with van der Waals surface area (Å²) in [6.45, 7) is 6.31. The standard InChI is InChI=1S/C10H21NOS/c1-3-11(2)8-10(9-13)4-6-12-7-5-10/h13H,3-9H2,1-2H3. The second-order valence-corrected chi connectivity index (χ2v) is 4.42. The predicted octanol–water partition coefficient (Wildman–Crippen LogP) is 1.66. The smallest absolute Gasteiger partial charge is 0.0472 e. The summed E-state index contributed by atoms with van der Waals surface area (Å²) in [5.41, 5.74) is 0.409. The van der Waals surface area contributed by atoms with Gasteiger partial charge >= 0.3 is 0 Å². The lowest BCUT2D eigenvalue weighted by molar-refractivity contribution is 0.0122. The highest BCUT2D eigenvalue weighted by atomic mass is 32.1. The van der Waals surface area contributed by atoms with Crippen LogP contribution in [0.15, 0.2) is 0 Å². The van der Waals surface area contributed by atoms with Gasteiger partial charge in [-0.1, -0.05) is 6.92 Å². The molecule has 0 bridgehead atoms. The van der Waals surface area contributed by atoms with Crippen LogP contribution >= 0.6 is 12.6 Å². The first-order valence-electron chi connectivity index (χ1n) is 5.09. The SMILES string of the molecule is CCN(C)CC1(CS)CCOCC1. The molecule has 0 atom stereocenters. The van der Waals surface area contributed by atoms with Crippen LogP contribution in [0.4, 0.5) is 0 Å². The predicted molar refractivity (Wildman–Crippen MR) is 59.5 cm³/mol. The number of rotatable bonds is 4. The van der Waals surface area contributed by atoms with Crippen molar-refractivity contribution in [1.29, 1.82) is 0 Å². The molecule has 0 radical (unpaired) electrons. The zero-order valence-electron chi connectivity index (χ0n) is 8.75. The average Bonchev–Trinajstić information content (AvgIpc) is 2.19. The summed E-state index contributed by atoms with van der Waals surface area (Å²) in [6, 6.07) is 0. The van der Waals surface area contributed by atoms with Crippen molar-refractivity contribution in [3.05, 3.63) is 0 Å². The fraction of sp³-hybridized carbons (Fsp3) is 1.00. The molecule has 3 heteroatoms. The molecule has 1 aliphatic rings. The zero-order chi connectivity index (χ0) is 9.73. The fourth-order valence-electron chi connectivity index (χ4n) is 1.86. The second kappa shape index (κ2) is 5.23. The molecule has 78 valence electrons. The number of thiol groups is 1. The van der Waals surface area contributed by atoms with E-state index >= 15 is 0 Å². The van der Waals surface area contributed by atoms with Crippen molar-refractivity contribution in [2.75, 3.05) is 39.1 Å². The molecule has 1 rings (SSSR count). The molecule has 1 heterocycles. The Morgan fingerprint density at radius 1 is 1.38 bits per heavy atom. The first-order valence-corrected chi connectivity index (χ1v) is 5.73. The summed E-state index contributed by atoms with van der Waals surface area (Å²) >= 11 is 4.48. The van der Waals surface area contributed by atoms with Crippen LogP contribution in [0, 0.1) is 5.41 Å². The summed E-state index contributed by atoms with van der Waals surface area (Å²) in [4.78, 5) is 2.38.